The van der Waals surface area contributed by atoms with Crippen LogP contribution in [0.4, 0.5) is 10.5 Å². The third-order valence-corrected chi connectivity index (χ3v) is 4.63. The van der Waals surface area contributed by atoms with Crippen LogP contribution >= 0.6 is 0 Å². The predicted molar refractivity (Wildman–Crippen MR) is 107 cm³/mol. The minimum absolute atomic E-state index is 0.111. The highest BCUT2D eigenvalue weighted by atomic mass is 16.5. The maximum atomic E-state index is 12.6. The lowest BCUT2D eigenvalue weighted by Gasteiger charge is -2.13. The minimum atomic E-state index is -0.884. The van der Waals surface area contributed by atoms with Gasteiger partial charge in [-0.25, -0.2) is 9.69 Å². The summed E-state index contributed by atoms with van der Waals surface area (Å²) < 4.78 is 10.2. The van der Waals surface area contributed by atoms with Gasteiger partial charge in [0.25, 0.3) is 5.91 Å². The van der Waals surface area contributed by atoms with Crippen molar-refractivity contribution in [2.24, 2.45) is 0 Å². The number of hydrogen-bond acceptors (Lipinski definition) is 5. The third-order valence-electron chi connectivity index (χ3n) is 4.63. The van der Waals surface area contributed by atoms with Crippen molar-refractivity contribution in [3.05, 3.63) is 54.1 Å². The van der Waals surface area contributed by atoms with Crippen molar-refractivity contribution in [1.29, 1.82) is 0 Å². The van der Waals surface area contributed by atoms with Gasteiger partial charge in [0.1, 0.15) is 17.5 Å². The van der Waals surface area contributed by atoms with Crippen LogP contribution in [-0.2, 0) is 16.0 Å². The molecule has 1 fully saturated rings. The third kappa shape index (κ3) is 4.84. The first-order valence-corrected chi connectivity index (χ1v) is 9.20. The number of nitrogens with zero attached hydrogens (tertiary/aromatic N) is 1. The fourth-order valence-corrected chi connectivity index (χ4v) is 3.04. The summed E-state index contributed by atoms with van der Waals surface area (Å²) in [6.45, 7) is 0.433. The van der Waals surface area contributed by atoms with Crippen LogP contribution < -0.4 is 25.0 Å². The van der Waals surface area contributed by atoms with E-state index in [-0.39, 0.29) is 12.3 Å². The molecule has 2 aromatic rings. The van der Waals surface area contributed by atoms with Crippen molar-refractivity contribution in [2.45, 2.75) is 18.9 Å². The number of methoxy groups -OCH3 is 2. The summed E-state index contributed by atoms with van der Waals surface area (Å²) >= 11 is 0. The Morgan fingerprint density at radius 2 is 1.59 bits per heavy atom. The maximum absolute atomic E-state index is 12.6. The van der Waals surface area contributed by atoms with Gasteiger partial charge in [-0.05, 0) is 48.4 Å². The van der Waals surface area contributed by atoms with Gasteiger partial charge in [-0.2, -0.15) is 0 Å². The fourth-order valence-electron chi connectivity index (χ4n) is 3.04. The van der Waals surface area contributed by atoms with E-state index >= 15 is 0 Å². The number of carbonyl (C=O) groups excluding carboxylic acids is 3. The lowest BCUT2D eigenvalue weighted by atomic mass is 10.1. The van der Waals surface area contributed by atoms with Crippen molar-refractivity contribution in [3.63, 3.8) is 0 Å². The predicted octanol–water partition coefficient (Wildman–Crippen LogP) is 1.88. The number of ether oxygens (including phenoxy) is 2. The Balaban J connectivity index is 1.51. The summed E-state index contributed by atoms with van der Waals surface area (Å²) in [5, 5.41) is 5.35. The smallest absolute Gasteiger partial charge is 0.329 e. The van der Waals surface area contributed by atoms with E-state index in [0.29, 0.717) is 24.4 Å². The molecule has 0 bridgehead atoms. The quantitative estimate of drug-likeness (QED) is 0.663. The van der Waals surface area contributed by atoms with E-state index in [4.69, 9.17) is 9.47 Å². The molecule has 1 aliphatic rings. The molecule has 0 aliphatic carbocycles. The van der Waals surface area contributed by atoms with Crippen LogP contribution in [0.15, 0.2) is 48.5 Å². The first kappa shape index (κ1) is 20.2. The molecule has 0 spiro atoms. The van der Waals surface area contributed by atoms with Gasteiger partial charge in [0.2, 0.25) is 5.91 Å². The van der Waals surface area contributed by atoms with Gasteiger partial charge in [-0.15, -0.1) is 0 Å². The van der Waals surface area contributed by atoms with Gasteiger partial charge in [-0.1, -0.05) is 12.1 Å². The topological polar surface area (TPSA) is 97.0 Å². The Morgan fingerprint density at radius 1 is 1.00 bits per heavy atom. The Kier molecular flexibility index (Phi) is 6.33. The van der Waals surface area contributed by atoms with Crippen molar-refractivity contribution in [3.8, 4) is 11.5 Å². The number of anilines is 1. The summed E-state index contributed by atoms with van der Waals surface area (Å²) in [5.41, 5.74) is 1.48. The highest BCUT2D eigenvalue weighted by Gasteiger charge is 2.39. The molecule has 0 unspecified atom stereocenters. The standard InChI is InChI=1S/C21H23N3O5/c1-28-16-7-3-14(4-8-16)11-12-22-19(25)13-18-20(26)24(21(27)23-18)15-5-9-17(29-2)10-6-15/h3-10,18H,11-13H2,1-2H3,(H,22,25)(H,23,27)/t18-/m1/s1. The first-order chi connectivity index (χ1) is 14.0. The second kappa shape index (κ2) is 9.09. The fraction of sp³-hybridized carbons (Fsp3) is 0.286. The molecule has 2 N–H and O–H groups in total. The van der Waals surface area contributed by atoms with Gasteiger partial charge >= 0.3 is 6.03 Å². The average Bonchev–Trinajstić information content (AvgIpc) is 3.01. The zero-order valence-corrected chi connectivity index (χ0v) is 16.3. The molecule has 1 heterocycles. The van der Waals surface area contributed by atoms with Gasteiger partial charge in [-0.3, -0.25) is 9.59 Å². The Morgan fingerprint density at radius 3 is 2.17 bits per heavy atom. The van der Waals surface area contributed by atoms with E-state index in [9.17, 15) is 14.4 Å². The number of hydrogen-bond donors (Lipinski definition) is 2. The van der Waals surface area contributed by atoms with Crippen LogP contribution in [0.5, 0.6) is 11.5 Å². The number of nitrogens with one attached hydrogen (secondary N) is 2. The molecule has 2 aromatic carbocycles. The van der Waals surface area contributed by atoms with Crippen LogP contribution in [0.25, 0.3) is 0 Å². The van der Waals surface area contributed by atoms with E-state index in [1.165, 1.54) is 7.11 Å². The van der Waals surface area contributed by atoms with Crippen LogP contribution in [0.2, 0.25) is 0 Å². The summed E-state index contributed by atoms with van der Waals surface area (Å²) in [7, 11) is 3.14. The van der Waals surface area contributed by atoms with E-state index in [2.05, 4.69) is 10.6 Å². The summed E-state index contributed by atoms with van der Waals surface area (Å²) in [5.74, 6) is 0.641. The molecule has 8 heteroatoms. The zero-order valence-electron chi connectivity index (χ0n) is 16.3. The van der Waals surface area contributed by atoms with Gasteiger partial charge in [0.05, 0.1) is 26.3 Å². The van der Waals surface area contributed by atoms with Crippen molar-refractivity contribution < 1.29 is 23.9 Å². The van der Waals surface area contributed by atoms with Crippen molar-refractivity contribution >= 4 is 23.5 Å². The molecule has 0 saturated carbocycles. The SMILES string of the molecule is COc1ccc(CCNC(=O)C[C@H]2NC(=O)N(c3ccc(OC)cc3)C2=O)cc1. The Hall–Kier alpha value is -3.55. The molecule has 1 atom stereocenters. The lowest BCUT2D eigenvalue weighted by molar-refractivity contribution is -0.125. The number of amides is 4. The van der Waals surface area contributed by atoms with Crippen LogP contribution in [0.3, 0.4) is 0 Å². The Bertz CT molecular complexity index is 880. The van der Waals surface area contributed by atoms with Crippen molar-refractivity contribution in [1.82, 2.24) is 10.6 Å². The highest BCUT2D eigenvalue weighted by molar-refractivity contribution is 6.22. The van der Waals surface area contributed by atoms with Crippen molar-refractivity contribution in [2.75, 3.05) is 25.7 Å². The molecular formula is C21H23N3O5. The second-order valence-corrected chi connectivity index (χ2v) is 6.53. The summed E-state index contributed by atoms with van der Waals surface area (Å²) in [4.78, 5) is 38.0. The lowest BCUT2D eigenvalue weighted by Crippen LogP contribution is -2.37. The monoisotopic (exact) mass is 397 g/mol. The molecule has 8 nitrogen and oxygen atoms in total. The molecule has 0 aromatic heterocycles. The number of imide groups is 1. The normalized spacial score (nSPS) is 15.8. The van der Waals surface area contributed by atoms with Gasteiger partial charge < -0.3 is 20.1 Å². The molecule has 4 amide bonds. The van der Waals surface area contributed by atoms with E-state index in [1.54, 1.807) is 31.4 Å². The van der Waals surface area contributed by atoms with Crippen LogP contribution in [0.1, 0.15) is 12.0 Å². The first-order valence-electron chi connectivity index (χ1n) is 9.20. The summed E-state index contributed by atoms with van der Waals surface area (Å²) in [6, 6.07) is 12.7. The molecule has 3 rings (SSSR count). The Labute approximate surface area is 168 Å². The zero-order chi connectivity index (χ0) is 20.8. The summed E-state index contributed by atoms with van der Waals surface area (Å²) in [6.07, 6.45) is 0.540. The minimum Gasteiger partial charge on any atom is -0.497 e. The molecular weight excluding hydrogens is 374 g/mol. The number of benzene rings is 2. The molecule has 0 radical (unpaired) electrons. The highest BCUT2D eigenvalue weighted by Crippen LogP contribution is 2.23. The van der Waals surface area contributed by atoms with Gasteiger partial charge in [0.15, 0.2) is 0 Å². The largest absolute Gasteiger partial charge is 0.497 e. The average molecular weight is 397 g/mol. The molecule has 29 heavy (non-hydrogen) atoms. The molecule has 1 saturated heterocycles. The number of carbonyl (C=O) groups is 3. The van der Waals surface area contributed by atoms with E-state index in [1.807, 2.05) is 24.3 Å². The molecule has 152 valence electrons. The van der Waals surface area contributed by atoms with Crippen LogP contribution in [-0.4, -0.2) is 44.7 Å². The maximum Gasteiger partial charge on any atom is 0.329 e. The van der Waals surface area contributed by atoms with Gasteiger partial charge in [0, 0.05) is 6.54 Å². The van der Waals surface area contributed by atoms with Crippen LogP contribution in [0, 0.1) is 0 Å². The molecule has 1 aliphatic heterocycles. The second-order valence-electron chi connectivity index (χ2n) is 6.53. The number of rotatable bonds is 8. The van der Waals surface area contributed by atoms with E-state index in [0.717, 1.165) is 16.2 Å². The van der Waals surface area contributed by atoms with E-state index < -0.39 is 18.0 Å². The number of urea groups is 1.